The normalized spacial score (nSPS) is 11.7. The summed E-state index contributed by atoms with van der Waals surface area (Å²) in [6.07, 6.45) is 0. The third-order valence-electron chi connectivity index (χ3n) is 20.3. The van der Waals surface area contributed by atoms with Crippen molar-refractivity contribution in [3.63, 3.8) is 0 Å². The first-order valence-corrected chi connectivity index (χ1v) is 33.9. The van der Waals surface area contributed by atoms with Gasteiger partial charge in [0.05, 0.1) is 22.1 Å². The van der Waals surface area contributed by atoms with Gasteiger partial charge in [0, 0.05) is 32.9 Å². The molecule has 2 aromatic heterocycles. The first-order valence-electron chi connectivity index (χ1n) is 33.9. The van der Waals surface area contributed by atoms with E-state index in [0.29, 0.717) is 0 Å². The van der Waals surface area contributed by atoms with E-state index < -0.39 is 0 Å². The Morgan fingerprint density at radius 1 is 0.112 bits per heavy atom. The summed E-state index contributed by atoms with van der Waals surface area (Å²) in [5, 5.41) is 20.6. The largest absolute Gasteiger partial charge is 0.309 e. The highest BCUT2D eigenvalue weighted by Crippen LogP contribution is 2.43. The summed E-state index contributed by atoms with van der Waals surface area (Å²) in [7, 11) is 0. The average molecular weight is 1240 g/mol. The lowest BCUT2D eigenvalue weighted by atomic mass is 9.91. The number of hydrogen-bond donors (Lipinski definition) is 0. The zero-order valence-electron chi connectivity index (χ0n) is 53.7. The Morgan fingerprint density at radius 2 is 0.327 bits per heavy atom. The second-order valence-electron chi connectivity index (χ2n) is 25.9. The maximum atomic E-state index is 2.39. The maximum Gasteiger partial charge on any atom is 0.0541 e. The van der Waals surface area contributed by atoms with Crippen LogP contribution in [0.3, 0.4) is 0 Å². The summed E-state index contributed by atoms with van der Waals surface area (Å²) in [6.45, 7) is 0. The van der Waals surface area contributed by atoms with E-state index in [-0.39, 0.29) is 0 Å². The molecular weight excluding hydrogens is 1180 g/mol. The first kappa shape index (κ1) is 56.6. The van der Waals surface area contributed by atoms with Crippen LogP contribution in [0.25, 0.3) is 186 Å². The van der Waals surface area contributed by atoms with E-state index in [1.54, 1.807) is 0 Å². The van der Waals surface area contributed by atoms with Crippen LogP contribution in [0.5, 0.6) is 0 Å². The van der Waals surface area contributed by atoms with Crippen molar-refractivity contribution in [2.45, 2.75) is 0 Å². The predicted molar refractivity (Wildman–Crippen MR) is 419 cm³/mol. The SMILES string of the molecule is c1ccc(-c2ccc3c(c2)c2cc(-c4cccc(-c5ccc6c7ccccc7c7ccccc7c6c5)c4)ccc2n3-c2ccccc2)cc1.c1ccc(-n2c3ccccc3c3cc(-c4cccc(-c5cccc(-c6ccc7c8ccccc8c8ccccc8c7c6)c5)c4)ccc32)cc1. The van der Waals surface area contributed by atoms with E-state index in [1.165, 1.54) is 186 Å². The van der Waals surface area contributed by atoms with Gasteiger partial charge in [-0.3, -0.25) is 0 Å². The molecule has 2 nitrogen and oxygen atoms in total. The minimum atomic E-state index is 1.17. The third-order valence-corrected chi connectivity index (χ3v) is 20.3. The Morgan fingerprint density at radius 3 is 0.673 bits per heavy atom. The number of aromatic nitrogens is 2. The molecule has 0 aliphatic heterocycles. The molecule has 0 unspecified atom stereocenters. The van der Waals surface area contributed by atoms with Crippen LogP contribution >= 0.6 is 0 Å². The number of nitrogens with zero attached hydrogens (tertiary/aromatic N) is 2. The Labute approximate surface area is 568 Å². The number of fused-ring (bicyclic) bond motifs is 18. The lowest BCUT2D eigenvalue weighted by Crippen LogP contribution is -1.93. The van der Waals surface area contributed by atoms with E-state index in [4.69, 9.17) is 0 Å². The lowest BCUT2D eigenvalue weighted by Gasteiger charge is -2.13. The van der Waals surface area contributed by atoms with Gasteiger partial charge in [-0.1, -0.05) is 279 Å². The molecule has 0 N–H and O–H groups in total. The minimum absolute atomic E-state index is 1.17. The predicted octanol–water partition coefficient (Wildman–Crippen LogP) is 26.5. The van der Waals surface area contributed by atoms with Gasteiger partial charge in [-0.15, -0.1) is 0 Å². The maximum absolute atomic E-state index is 2.39. The molecule has 0 bridgehead atoms. The Balaban J connectivity index is 0.000000137. The molecule has 2 heteroatoms. The van der Waals surface area contributed by atoms with Gasteiger partial charge in [0.2, 0.25) is 0 Å². The highest BCUT2D eigenvalue weighted by Gasteiger charge is 2.19. The Hall–Kier alpha value is -12.9. The molecule has 0 spiro atoms. The molecule has 0 saturated heterocycles. The zero-order chi connectivity index (χ0) is 64.6. The molecule has 98 heavy (non-hydrogen) atoms. The minimum Gasteiger partial charge on any atom is -0.309 e. The molecule has 0 radical (unpaired) electrons. The summed E-state index contributed by atoms with van der Waals surface area (Å²) in [4.78, 5) is 0. The van der Waals surface area contributed by atoms with E-state index in [1.807, 2.05) is 0 Å². The highest BCUT2D eigenvalue weighted by molar-refractivity contribution is 6.27. The van der Waals surface area contributed by atoms with Crippen molar-refractivity contribution in [2.24, 2.45) is 0 Å². The highest BCUT2D eigenvalue weighted by atomic mass is 15.0. The van der Waals surface area contributed by atoms with Crippen LogP contribution in [-0.4, -0.2) is 9.13 Å². The van der Waals surface area contributed by atoms with Crippen LogP contribution < -0.4 is 0 Å². The van der Waals surface area contributed by atoms with E-state index in [0.717, 1.165) is 0 Å². The van der Waals surface area contributed by atoms with Crippen LogP contribution in [0, 0.1) is 0 Å². The summed E-state index contributed by atoms with van der Waals surface area (Å²) in [6, 6.07) is 137. The van der Waals surface area contributed by atoms with Crippen molar-refractivity contribution in [1.29, 1.82) is 0 Å². The van der Waals surface area contributed by atoms with Crippen molar-refractivity contribution in [1.82, 2.24) is 9.13 Å². The quantitative estimate of drug-likeness (QED) is 0.134. The summed E-state index contributed by atoms with van der Waals surface area (Å²) in [5.41, 5.74) is 21.8. The summed E-state index contributed by atoms with van der Waals surface area (Å²) < 4.78 is 4.76. The van der Waals surface area contributed by atoms with E-state index in [2.05, 4.69) is 385 Å². The molecule has 0 aliphatic rings. The zero-order valence-corrected chi connectivity index (χ0v) is 53.7. The molecule has 0 fully saturated rings. The van der Waals surface area contributed by atoms with Crippen molar-refractivity contribution < 1.29 is 0 Å². The van der Waals surface area contributed by atoms with E-state index >= 15 is 0 Å². The van der Waals surface area contributed by atoms with Gasteiger partial charge in [-0.25, -0.2) is 0 Å². The van der Waals surface area contributed by atoms with Crippen molar-refractivity contribution in [2.75, 3.05) is 0 Å². The molecule has 0 atom stereocenters. The number of hydrogen-bond acceptors (Lipinski definition) is 0. The van der Waals surface area contributed by atoms with E-state index in [9.17, 15) is 0 Å². The molecular formula is C96H62N2. The lowest BCUT2D eigenvalue weighted by molar-refractivity contribution is 1.18. The van der Waals surface area contributed by atoms with Crippen molar-refractivity contribution in [3.8, 4) is 78.1 Å². The summed E-state index contributed by atoms with van der Waals surface area (Å²) >= 11 is 0. The average Bonchev–Trinajstić information content (AvgIpc) is 1.30. The van der Waals surface area contributed by atoms with Crippen LogP contribution in [0.2, 0.25) is 0 Å². The van der Waals surface area contributed by atoms with Crippen LogP contribution in [0.4, 0.5) is 0 Å². The fourth-order valence-electron chi connectivity index (χ4n) is 15.7. The van der Waals surface area contributed by atoms with Gasteiger partial charge < -0.3 is 9.13 Å². The van der Waals surface area contributed by atoms with Crippen LogP contribution in [-0.2, 0) is 0 Å². The molecule has 20 aromatic rings. The van der Waals surface area contributed by atoms with Gasteiger partial charge in [0.15, 0.2) is 0 Å². The number of rotatable bonds is 8. The number of benzene rings is 18. The molecule has 2 heterocycles. The monoisotopic (exact) mass is 1240 g/mol. The summed E-state index contributed by atoms with van der Waals surface area (Å²) in [5.74, 6) is 0. The Kier molecular flexibility index (Phi) is 13.6. The number of para-hydroxylation sites is 3. The standard InChI is InChI=1S/2C48H31N/c1-3-12-32(13-4-1)35-23-26-47-45(30-35)46-31-37(24-27-48(46)49(47)38-16-5-2-6-17-38)34-15-11-14-33(28-34)36-22-25-43-41-20-8-7-18-39(41)40-19-9-10-21-42(40)44(43)29-36;1-2-16-38(17-3-1)49-47-23-9-8-22-44(47)46-31-37(25-27-48(46)49)35-15-11-13-33(29-35)32-12-10-14-34(28-32)36-24-26-43-41-20-5-4-18-39(41)40-19-6-7-21-42(40)45(43)30-36/h2*1-31H. The second-order valence-corrected chi connectivity index (χ2v) is 25.9. The smallest absolute Gasteiger partial charge is 0.0541 e. The van der Waals surface area contributed by atoms with Crippen molar-refractivity contribution >= 4 is 108 Å². The van der Waals surface area contributed by atoms with Gasteiger partial charge in [0.25, 0.3) is 0 Å². The van der Waals surface area contributed by atoms with Crippen LogP contribution in [0.15, 0.2) is 376 Å². The fourth-order valence-corrected chi connectivity index (χ4v) is 15.7. The van der Waals surface area contributed by atoms with Gasteiger partial charge in [-0.05, 0) is 228 Å². The second kappa shape index (κ2) is 23.5. The molecule has 18 aromatic carbocycles. The molecule has 20 rings (SSSR count). The fraction of sp³-hybridized carbons (Fsp3) is 0. The molecule has 0 saturated carbocycles. The van der Waals surface area contributed by atoms with Gasteiger partial charge >= 0.3 is 0 Å². The first-order chi connectivity index (χ1) is 48.6. The van der Waals surface area contributed by atoms with Gasteiger partial charge in [0.1, 0.15) is 0 Å². The third kappa shape index (κ3) is 9.64. The van der Waals surface area contributed by atoms with Crippen molar-refractivity contribution in [3.05, 3.63) is 376 Å². The Bertz CT molecular complexity index is 6460. The molecule has 0 amide bonds. The molecule has 456 valence electrons. The van der Waals surface area contributed by atoms with Gasteiger partial charge in [-0.2, -0.15) is 0 Å². The molecule has 0 aliphatic carbocycles. The topological polar surface area (TPSA) is 9.86 Å². The van der Waals surface area contributed by atoms with Crippen LogP contribution in [0.1, 0.15) is 0 Å².